The Labute approximate surface area is 143 Å². The van der Waals surface area contributed by atoms with Gasteiger partial charge in [-0.15, -0.1) is 23.1 Å². The fourth-order valence-electron chi connectivity index (χ4n) is 1.79. The minimum Gasteiger partial charge on any atom is -0.351 e. The summed E-state index contributed by atoms with van der Waals surface area (Å²) < 4.78 is 1.12. The number of thiophene rings is 1. The van der Waals surface area contributed by atoms with E-state index in [9.17, 15) is 9.59 Å². The molecule has 5 nitrogen and oxygen atoms in total. The van der Waals surface area contributed by atoms with Gasteiger partial charge in [0.25, 0.3) is 5.91 Å². The van der Waals surface area contributed by atoms with Crippen LogP contribution in [0, 0.1) is 0 Å². The average Bonchev–Trinajstić information content (AvgIpc) is 3.07. The van der Waals surface area contributed by atoms with Crippen molar-refractivity contribution in [1.29, 1.82) is 0 Å². The van der Waals surface area contributed by atoms with Gasteiger partial charge in [-0.05, 0) is 42.8 Å². The van der Waals surface area contributed by atoms with E-state index in [4.69, 9.17) is 0 Å². The third-order valence-electron chi connectivity index (χ3n) is 2.93. The third-order valence-corrected chi connectivity index (χ3v) is 5.06. The number of amides is 2. The van der Waals surface area contributed by atoms with E-state index in [1.807, 2.05) is 24.6 Å². The normalized spacial score (nSPS) is 10.3. The summed E-state index contributed by atoms with van der Waals surface area (Å²) in [5, 5.41) is 10.6. The van der Waals surface area contributed by atoms with Crippen molar-refractivity contribution in [2.75, 3.05) is 31.2 Å². The van der Waals surface area contributed by atoms with E-state index >= 15 is 0 Å². The van der Waals surface area contributed by atoms with Crippen LogP contribution in [0.15, 0.2) is 46.0 Å². The monoisotopic (exact) mass is 349 g/mol. The van der Waals surface area contributed by atoms with E-state index < -0.39 is 0 Å². The van der Waals surface area contributed by atoms with Crippen LogP contribution in [0.1, 0.15) is 10.4 Å². The van der Waals surface area contributed by atoms with Gasteiger partial charge in [-0.2, -0.15) is 0 Å². The van der Waals surface area contributed by atoms with Crippen LogP contribution in [0.5, 0.6) is 0 Å². The van der Waals surface area contributed by atoms with Crippen LogP contribution in [0.2, 0.25) is 0 Å². The maximum Gasteiger partial charge on any atom is 0.251 e. The first-order valence-corrected chi connectivity index (χ1v) is 9.04. The second kappa shape index (κ2) is 9.34. The second-order valence-electron chi connectivity index (χ2n) is 4.71. The summed E-state index contributed by atoms with van der Waals surface area (Å²) in [5.74, 6) is 0.188. The Morgan fingerprint density at radius 2 is 1.91 bits per heavy atom. The first kappa shape index (κ1) is 17.5. The molecule has 0 spiro atoms. The molecule has 122 valence electrons. The zero-order valence-electron chi connectivity index (χ0n) is 12.8. The Hall–Kier alpha value is -1.83. The Morgan fingerprint density at radius 3 is 2.57 bits per heavy atom. The molecule has 0 radical (unpaired) electrons. The van der Waals surface area contributed by atoms with Gasteiger partial charge in [0.2, 0.25) is 5.91 Å². The summed E-state index contributed by atoms with van der Waals surface area (Å²) in [5.41, 5.74) is 1.26. The SMILES string of the molecule is CNCCNC(=O)c1ccc(NC(=O)CSc2cccs2)cc1. The maximum atomic E-state index is 11.9. The lowest BCUT2D eigenvalue weighted by atomic mass is 10.2. The molecule has 0 bridgehead atoms. The van der Waals surface area contributed by atoms with E-state index in [2.05, 4.69) is 16.0 Å². The van der Waals surface area contributed by atoms with Crippen molar-refractivity contribution in [3.8, 4) is 0 Å². The van der Waals surface area contributed by atoms with Crippen LogP contribution >= 0.6 is 23.1 Å². The fourth-order valence-corrected chi connectivity index (χ4v) is 3.37. The van der Waals surface area contributed by atoms with E-state index in [-0.39, 0.29) is 11.8 Å². The molecule has 0 unspecified atom stereocenters. The molecular formula is C16H19N3O2S2. The summed E-state index contributed by atoms with van der Waals surface area (Å²) in [7, 11) is 1.83. The van der Waals surface area contributed by atoms with Gasteiger partial charge in [0.05, 0.1) is 9.96 Å². The lowest BCUT2D eigenvalue weighted by Gasteiger charge is -2.07. The smallest absolute Gasteiger partial charge is 0.251 e. The summed E-state index contributed by atoms with van der Waals surface area (Å²) in [6, 6.07) is 10.8. The summed E-state index contributed by atoms with van der Waals surface area (Å²) in [6.07, 6.45) is 0. The molecule has 1 aromatic heterocycles. The van der Waals surface area contributed by atoms with Crippen LogP contribution in [0.25, 0.3) is 0 Å². The number of carbonyl (C=O) groups excluding carboxylic acids is 2. The molecule has 0 aliphatic carbocycles. The van der Waals surface area contributed by atoms with Crippen molar-refractivity contribution in [1.82, 2.24) is 10.6 Å². The van der Waals surface area contributed by atoms with E-state index in [1.54, 1.807) is 35.6 Å². The minimum atomic E-state index is -0.119. The number of nitrogens with one attached hydrogen (secondary N) is 3. The Balaban J connectivity index is 1.79. The molecule has 2 rings (SSSR count). The van der Waals surface area contributed by atoms with Crippen LogP contribution in [-0.2, 0) is 4.79 Å². The summed E-state index contributed by atoms with van der Waals surface area (Å²) in [4.78, 5) is 23.7. The number of hydrogen-bond acceptors (Lipinski definition) is 5. The molecule has 0 aliphatic rings. The lowest BCUT2D eigenvalue weighted by molar-refractivity contribution is -0.113. The first-order valence-electron chi connectivity index (χ1n) is 7.18. The molecule has 1 heterocycles. The zero-order valence-corrected chi connectivity index (χ0v) is 14.4. The molecule has 0 saturated carbocycles. The Bertz CT molecular complexity index is 627. The molecule has 0 atom stereocenters. The standard InChI is InChI=1S/C16H19N3O2S2/c1-17-8-9-18-16(21)12-4-6-13(7-5-12)19-14(20)11-23-15-3-2-10-22-15/h2-7,10,17H,8-9,11H2,1H3,(H,18,21)(H,19,20). The van der Waals surface area contributed by atoms with Gasteiger partial charge in [-0.25, -0.2) is 0 Å². The van der Waals surface area contributed by atoms with Gasteiger partial charge in [-0.1, -0.05) is 6.07 Å². The molecule has 0 saturated heterocycles. The van der Waals surface area contributed by atoms with Crippen LogP contribution < -0.4 is 16.0 Å². The largest absolute Gasteiger partial charge is 0.351 e. The lowest BCUT2D eigenvalue weighted by Crippen LogP contribution is -2.30. The van der Waals surface area contributed by atoms with E-state index in [0.717, 1.165) is 10.8 Å². The van der Waals surface area contributed by atoms with E-state index in [0.29, 0.717) is 23.5 Å². The van der Waals surface area contributed by atoms with Gasteiger partial charge < -0.3 is 16.0 Å². The number of anilines is 1. The number of rotatable bonds is 8. The highest BCUT2D eigenvalue weighted by Crippen LogP contribution is 2.23. The van der Waals surface area contributed by atoms with Crippen molar-refractivity contribution >= 4 is 40.6 Å². The van der Waals surface area contributed by atoms with Crippen LogP contribution in [0.4, 0.5) is 5.69 Å². The van der Waals surface area contributed by atoms with Gasteiger partial charge >= 0.3 is 0 Å². The summed E-state index contributed by atoms with van der Waals surface area (Å²) >= 11 is 3.13. The predicted octanol–water partition coefficient (Wildman–Crippen LogP) is 2.43. The highest BCUT2D eigenvalue weighted by molar-refractivity contribution is 8.01. The number of hydrogen-bond donors (Lipinski definition) is 3. The van der Waals surface area contributed by atoms with Crippen molar-refractivity contribution in [2.24, 2.45) is 0 Å². The molecule has 2 aromatic rings. The van der Waals surface area contributed by atoms with Gasteiger partial charge in [0.1, 0.15) is 0 Å². The Morgan fingerprint density at radius 1 is 1.13 bits per heavy atom. The zero-order chi connectivity index (χ0) is 16.5. The maximum absolute atomic E-state index is 11.9. The third kappa shape index (κ3) is 6.05. The predicted molar refractivity (Wildman–Crippen MR) is 96.4 cm³/mol. The Kier molecular flexibility index (Phi) is 7.12. The highest BCUT2D eigenvalue weighted by atomic mass is 32.2. The van der Waals surface area contributed by atoms with Crippen molar-refractivity contribution in [3.05, 3.63) is 47.3 Å². The fraction of sp³-hybridized carbons (Fsp3) is 0.250. The molecule has 1 aromatic carbocycles. The molecule has 3 N–H and O–H groups in total. The van der Waals surface area contributed by atoms with Crippen LogP contribution in [-0.4, -0.2) is 37.7 Å². The molecular weight excluding hydrogens is 330 g/mol. The number of benzene rings is 1. The molecule has 0 aliphatic heterocycles. The van der Waals surface area contributed by atoms with Crippen molar-refractivity contribution < 1.29 is 9.59 Å². The number of carbonyl (C=O) groups is 2. The first-order chi connectivity index (χ1) is 11.2. The quantitative estimate of drug-likeness (QED) is 0.506. The average molecular weight is 349 g/mol. The highest BCUT2D eigenvalue weighted by Gasteiger charge is 2.07. The van der Waals surface area contributed by atoms with Gasteiger partial charge in [0, 0.05) is 24.3 Å². The number of likely N-dealkylation sites (N-methyl/N-ethyl adjacent to an activating group) is 1. The molecule has 7 heteroatoms. The van der Waals surface area contributed by atoms with Gasteiger partial charge in [-0.3, -0.25) is 9.59 Å². The van der Waals surface area contributed by atoms with E-state index in [1.165, 1.54) is 11.8 Å². The van der Waals surface area contributed by atoms with Gasteiger partial charge in [0.15, 0.2) is 0 Å². The van der Waals surface area contributed by atoms with Crippen LogP contribution in [0.3, 0.4) is 0 Å². The molecule has 23 heavy (non-hydrogen) atoms. The number of thioether (sulfide) groups is 1. The molecule has 2 amide bonds. The topological polar surface area (TPSA) is 70.2 Å². The minimum absolute atomic E-state index is 0.0605. The second-order valence-corrected chi connectivity index (χ2v) is 6.93. The van der Waals surface area contributed by atoms with Crippen molar-refractivity contribution in [2.45, 2.75) is 4.21 Å². The summed E-state index contributed by atoms with van der Waals surface area (Å²) in [6.45, 7) is 1.30. The van der Waals surface area contributed by atoms with Crippen molar-refractivity contribution in [3.63, 3.8) is 0 Å². The molecule has 0 fully saturated rings.